The summed E-state index contributed by atoms with van der Waals surface area (Å²) in [5.74, 6) is 1.09. The number of hydrogen-bond donors (Lipinski definition) is 1. The second kappa shape index (κ2) is 6.70. The number of aryl methyl sites for hydroxylation is 1. The van der Waals surface area contributed by atoms with Crippen LogP contribution in [-0.4, -0.2) is 65.2 Å². The molecule has 0 aromatic carbocycles. The molecule has 1 atom stereocenters. The molecule has 5 heteroatoms. The van der Waals surface area contributed by atoms with E-state index in [1.807, 2.05) is 6.20 Å². The second-order valence-electron chi connectivity index (χ2n) is 5.92. The Morgan fingerprint density at radius 2 is 2.10 bits per heavy atom. The molecule has 1 unspecified atom stereocenters. The van der Waals surface area contributed by atoms with Crippen LogP contribution >= 0.6 is 0 Å². The van der Waals surface area contributed by atoms with E-state index in [0.29, 0.717) is 6.10 Å². The molecule has 112 valence electrons. The van der Waals surface area contributed by atoms with Gasteiger partial charge in [0.05, 0.1) is 6.10 Å². The van der Waals surface area contributed by atoms with Crippen LogP contribution in [0.5, 0.6) is 0 Å². The Labute approximate surface area is 121 Å². The van der Waals surface area contributed by atoms with Gasteiger partial charge < -0.3 is 9.72 Å². The maximum atomic E-state index is 5.72. The molecule has 2 fully saturated rings. The summed E-state index contributed by atoms with van der Waals surface area (Å²) < 4.78 is 5.72. The lowest BCUT2D eigenvalue weighted by Gasteiger charge is -2.35. The molecule has 0 spiro atoms. The van der Waals surface area contributed by atoms with Gasteiger partial charge in [0.1, 0.15) is 5.82 Å². The van der Waals surface area contributed by atoms with Crippen LogP contribution in [0.1, 0.15) is 31.3 Å². The van der Waals surface area contributed by atoms with E-state index in [1.165, 1.54) is 18.5 Å². The molecule has 0 bridgehead atoms. The number of H-pyrrole nitrogens is 1. The minimum atomic E-state index is 0.487. The van der Waals surface area contributed by atoms with Gasteiger partial charge in [0.15, 0.2) is 0 Å². The number of nitrogens with one attached hydrogen (secondary N) is 1. The molecule has 2 aliphatic heterocycles. The number of aromatic nitrogens is 2. The van der Waals surface area contributed by atoms with Gasteiger partial charge in [0.2, 0.25) is 0 Å². The number of rotatable bonds is 5. The van der Waals surface area contributed by atoms with E-state index >= 15 is 0 Å². The highest BCUT2D eigenvalue weighted by atomic mass is 16.5. The Morgan fingerprint density at radius 3 is 2.75 bits per heavy atom. The molecule has 0 aliphatic carbocycles. The first-order valence-electron chi connectivity index (χ1n) is 7.92. The fraction of sp³-hybridized carbons (Fsp3) is 0.800. The molecular weight excluding hydrogens is 252 g/mol. The third-order valence-electron chi connectivity index (χ3n) is 4.36. The van der Waals surface area contributed by atoms with Gasteiger partial charge in [-0.15, -0.1) is 0 Å². The number of ether oxygens (including phenoxy) is 1. The Morgan fingerprint density at radius 1 is 1.30 bits per heavy atom. The Bertz CT molecular complexity index is 406. The molecule has 0 saturated carbocycles. The SMILES string of the molecule is CCc1ncc(CN2CCN(CC3CCCO3)CC2)[nH]1. The molecule has 5 nitrogen and oxygen atoms in total. The van der Waals surface area contributed by atoms with Crippen molar-refractivity contribution in [2.24, 2.45) is 0 Å². The Hall–Kier alpha value is -0.910. The maximum absolute atomic E-state index is 5.72. The number of nitrogens with zero attached hydrogens (tertiary/aromatic N) is 3. The van der Waals surface area contributed by atoms with E-state index < -0.39 is 0 Å². The Kier molecular flexibility index (Phi) is 4.70. The van der Waals surface area contributed by atoms with Crippen LogP contribution in [0.4, 0.5) is 0 Å². The van der Waals surface area contributed by atoms with Gasteiger partial charge in [-0.25, -0.2) is 4.98 Å². The van der Waals surface area contributed by atoms with Crippen LogP contribution in [0.2, 0.25) is 0 Å². The first kappa shape index (κ1) is 14.0. The van der Waals surface area contributed by atoms with Crippen LogP contribution in [0.15, 0.2) is 6.20 Å². The molecule has 2 saturated heterocycles. The monoisotopic (exact) mass is 278 g/mol. The van der Waals surface area contributed by atoms with Crippen molar-refractivity contribution in [2.45, 2.75) is 38.8 Å². The van der Waals surface area contributed by atoms with Crippen LogP contribution in [0.25, 0.3) is 0 Å². The molecule has 1 N–H and O–H groups in total. The topological polar surface area (TPSA) is 44.4 Å². The summed E-state index contributed by atoms with van der Waals surface area (Å²) >= 11 is 0. The Balaban J connectivity index is 1.41. The minimum absolute atomic E-state index is 0.487. The largest absolute Gasteiger partial charge is 0.377 e. The molecule has 1 aromatic rings. The molecule has 2 aliphatic rings. The molecule has 20 heavy (non-hydrogen) atoms. The summed E-state index contributed by atoms with van der Waals surface area (Å²) in [5.41, 5.74) is 1.24. The fourth-order valence-corrected chi connectivity index (χ4v) is 3.11. The quantitative estimate of drug-likeness (QED) is 0.881. The zero-order valence-electron chi connectivity index (χ0n) is 12.5. The average molecular weight is 278 g/mol. The van der Waals surface area contributed by atoms with E-state index in [-0.39, 0.29) is 0 Å². The molecular formula is C15H26N4O. The van der Waals surface area contributed by atoms with E-state index in [2.05, 4.69) is 26.7 Å². The molecule has 0 amide bonds. The summed E-state index contributed by atoms with van der Waals surface area (Å²) in [4.78, 5) is 12.8. The smallest absolute Gasteiger partial charge is 0.105 e. The summed E-state index contributed by atoms with van der Waals surface area (Å²) in [5, 5.41) is 0. The van der Waals surface area contributed by atoms with Crippen LogP contribution in [-0.2, 0) is 17.7 Å². The van der Waals surface area contributed by atoms with Gasteiger partial charge in [0.25, 0.3) is 0 Å². The third-order valence-corrected chi connectivity index (χ3v) is 4.36. The van der Waals surface area contributed by atoms with E-state index in [1.54, 1.807) is 0 Å². The summed E-state index contributed by atoms with van der Waals surface area (Å²) in [6.45, 7) is 9.83. The van der Waals surface area contributed by atoms with Gasteiger partial charge in [0, 0.05) is 64.2 Å². The van der Waals surface area contributed by atoms with E-state index in [9.17, 15) is 0 Å². The first-order chi connectivity index (χ1) is 9.83. The number of aromatic amines is 1. The minimum Gasteiger partial charge on any atom is -0.377 e. The number of piperazine rings is 1. The lowest BCUT2D eigenvalue weighted by molar-refractivity contribution is 0.0487. The van der Waals surface area contributed by atoms with E-state index in [0.717, 1.165) is 58.1 Å². The van der Waals surface area contributed by atoms with Gasteiger partial charge in [-0.2, -0.15) is 0 Å². The highest BCUT2D eigenvalue weighted by molar-refractivity contribution is 5.01. The normalized spacial score (nSPS) is 25.4. The molecule has 0 radical (unpaired) electrons. The van der Waals surface area contributed by atoms with E-state index in [4.69, 9.17) is 4.74 Å². The molecule has 3 rings (SSSR count). The van der Waals surface area contributed by atoms with Gasteiger partial charge >= 0.3 is 0 Å². The highest BCUT2D eigenvalue weighted by Crippen LogP contribution is 2.15. The van der Waals surface area contributed by atoms with Crippen molar-refractivity contribution in [3.05, 3.63) is 17.7 Å². The van der Waals surface area contributed by atoms with Gasteiger partial charge in [-0.05, 0) is 12.8 Å². The predicted octanol–water partition coefficient (Wildman–Crippen LogP) is 1.27. The van der Waals surface area contributed by atoms with Gasteiger partial charge in [-0.3, -0.25) is 9.80 Å². The van der Waals surface area contributed by atoms with Gasteiger partial charge in [-0.1, -0.05) is 6.92 Å². The zero-order valence-corrected chi connectivity index (χ0v) is 12.5. The fourth-order valence-electron chi connectivity index (χ4n) is 3.11. The summed E-state index contributed by atoms with van der Waals surface area (Å²) in [7, 11) is 0. The van der Waals surface area contributed by atoms with Crippen molar-refractivity contribution in [2.75, 3.05) is 39.3 Å². The van der Waals surface area contributed by atoms with Crippen molar-refractivity contribution < 1.29 is 4.74 Å². The van der Waals surface area contributed by atoms with Crippen LogP contribution < -0.4 is 0 Å². The number of imidazole rings is 1. The number of hydrogen-bond acceptors (Lipinski definition) is 4. The highest BCUT2D eigenvalue weighted by Gasteiger charge is 2.22. The third kappa shape index (κ3) is 3.59. The van der Waals surface area contributed by atoms with Crippen molar-refractivity contribution in [1.82, 2.24) is 19.8 Å². The summed E-state index contributed by atoms with van der Waals surface area (Å²) in [6, 6.07) is 0. The van der Waals surface area contributed by atoms with Crippen molar-refractivity contribution >= 4 is 0 Å². The average Bonchev–Trinajstić information content (AvgIpc) is 3.12. The summed E-state index contributed by atoms with van der Waals surface area (Å²) in [6.07, 6.45) is 5.94. The first-order valence-corrected chi connectivity index (χ1v) is 7.92. The zero-order chi connectivity index (χ0) is 13.8. The standard InChI is InChI=1S/C15H26N4O/c1-2-15-16-10-13(17-15)11-18-5-7-19(8-6-18)12-14-4-3-9-20-14/h10,14H,2-9,11-12H2,1H3,(H,16,17). The van der Waals surface area contributed by atoms with Crippen LogP contribution in [0.3, 0.4) is 0 Å². The lowest BCUT2D eigenvalue weighted by Crippen LogP contribution is -2.48. The van der Waals surface area contributed by atoms with Crippen molar-refractivity contribution in [3.63, 3.8) is 0 Å². The molecule has 1 aromatic heterocycles. The van der Waals surface area contributed by atoms with Crippen LogP contribution in [0, 0.1) is 0 Å². The van der Waals surface area contributed by atoms with Crippen molar-refractivity contribution in [3.8, 4) is 0 Å². The van der Waals surface area contributed by atoms with Crippen molar-refractivity contribution in [1.29, 1.82) is 0 Å². The molecule has 3 heterocycles. The lowest BCUT2D eigenvalue weighted by atomic mass is 10.2. The predicted molar refractivity (Wildman–Crippen MR) is 78.7 cm³/mol. The maximum Gasteiger partial charge on any atom is 0.105 e. The second-order valence-corrected chi connectivity index (χ2v) is 5.92.